The van der Waals surface area contributed by atoms with Crippen LogP contribution in [0.15, 0.2) is 24.4 Å². The molecule has 0 aliphatic rings. The van der Waals surface area contributed by atoms with E-state index < -0.39 is 5.82 Å². The monoisotopic (exact) mass is 345 g/mol. The van der Waals surface area contributed by atoms with Crippen LogP contribution in [0.5, 0.6) is 5.75 Å². The number of nitrogens with zero attached hydrogens (tertiary/aromatic N) is 2. The molecule has 1 heterocycles. The summed E-state index contributed by atoms with van der Waals surface area (Å²) in [7, 11) is 1.41. The molecule has 0 saturated heterocycles. The second kappa shape index (κ2) is 4.82. The highest BCUT2D eigenvalue weighted by atomic mass is 127. The molecule has 0 fully saturated rings. The number of methoxy groups -OCH3 is 1. The van der Waals surface area contributed by atoms with E-state index in [9.17, 15) is 4.39 Å². The maximum atomic E-state index is 13.2. The Bertz CT molecular complexity index is 562. The first-order valence-corrected chi connectivity index (χ1v) is 5.81. The molecule has 1 aromatic carbocycles. The molecule has 0 amide bonds. The van der Waals surface area contributed by atoms with E-state index >= 15 is 0 Å². The quantitative estimate of drug-likeness (QED) is 0.850. The van der Waals surface area contributed by atoms with Gasteiger partial charge in [-0.05, 0) is 40.8 Å². The van der Waals surface area contributed by atoms with Crippen molar-refractivity contribution in [2.45, 2.75) is 0 Å². The summed E-state index contributed by atoms with van der Waals surface area (Å²) in [5.41, 5.74) is 6.35. The van der Waals surface area contributed by atoms with Crippen LogP contribution < -0.4 is 10.5 Å². The maximum Gasteiger partial charge on any atom is 0.165 e. The molecular formula is C11H9FIN3O. The van der Waals surface area contributed by atoms with E-state index in [1.807, 2.05) is 22.6 Å². The SMILES string of the molecule is COc1cc(-c2ncc(I)c(N)n2)ccc1F. The van der Waals surface area contributed by atoms with Crippen LogP contribution in [0, 0.1) is 9.39 Å². The van der Waals surface area contributed by atoms with Crippen molar-refractivity contribution in [3.63, 3.8) is 0 Å². The van der Waals surface area contributed by atoms with Gasteiger partial charge in [-0.15, -0.1) is 0 Å². The van der Waals surface area contributed by atoms with Gasteiger partial charge in [0.05, 0.1) is 10.7 Å². The highest BCUT2D eigenvalue weighted by molar-refractivity contribution is 14.1. The Morgan fingerprint density at radius 1 is 1.41 bits per heavy atom. The number of hydrogen-bond donors (Lipinski definition) is 1. The Labute approximate surface area is 111 Å². The van der Waals surface area contributed by atoms with Crippen LogP contribution in [0.1, 0.15) is 0 Å². The minimum absolute atomic E-state index is 0.156. The Hall–Kier alpha value is -1.44. The van der Waals surface area contributed by atoms with E-state index in [-0.39, 0.29) is 5.75 Å². The number of aromatic nitrogens is 2. The first kappa shape index (κ1) is 12.0. The molecule has 17 heavy (non-hydrogen) atoms. The van der Waals surface area contributed by atoms with Gasteiger partial charge in [0.1, 0.15) is 5.82 Å². The molecule has 0 radical (unpaired) electrons. The maximum absolute atomic E-state index is 13.2. The first-order chi connectivity index (χ1) is 8.11. The van der Waals surface area contributed by atoms with Crippen molar-refractivity contribution in [1.82, 2.24) is 9.97 Å². The summed E-state index contributed by atoms with van der Waals surface area (Å²) in [5.74, 6) is 0.582. The summed E-state index contributed by atoms with van der Waals surface area (Å²) in [4.78, 5) is 8.27. The van der Waals surface area contributed by atoms with Crippen LogP contribution in [-0.2, 0) is 0 Å². The van der Waals surface area contributed by atoms with Gasteiger partial charge in [0.25, 0.3) is 0 Å². The Morgan fingerprint density at radius 2 is 2.18 bits per heavy atom. The number of nitrogen functional groups attached to an aromatic ring is 1. The van der Waals surface area contributed by atoms with Gasteiger partial charge >= 0.3 is 0 Å². The van der Waals surface area contributed by atoms with Crippen LogP contribution in [0.2, 0.25) is 0 Å². The lowest BCUT2D eigenvalue weighted by Gasteiger charge is -2.05. The number of hydrogen-bond acceptors (Lipinski definition) is 4. The standard InChI is InChI=1S/C11H9FIN3O/c1-17-9-4-6(2-3-7(9)12)11-15-5-8(13)10(14)16-11/h2-5H,1H3,(H2,14,15,16). The third-order valence-corrected chi connectivity index (χ3v) is 3.01. The molecule has 88 valence electrons. The molecule has 0 bridgehead atoms. The largest absolute Gasteiger partial charge is 0.494 e. The second-order valence-electron chi connectivity index (χ2n) is 3.28. The minimum Gasteiger partial charge on any atom is -0.494 e. The molecule has 1 aromatic heterocycles. The van der Waals surface area contributed by atoms with E-state index in [0.29, 0.717) is 17.2 Å². The van der Waals surface area contributed by atoms with Gasteiger partial charge in [-0.1, -0.05) is 0 Å². The number of anilines is 1. The lowest BCUT2D eigenvalue weighted by molar-refractivity contribution is 0.387. The van der Waals surface area contributed by atoms with Gasteiger partial charge < -0.3 is 10.5 Å². The zero-order valence-corrected chi connectivity index (χ0v) is 11.1. The topological polar surface area (TPSA) is 61.0 Å². The minimum atomic E-state index is -0.422. The number of halogens is 2. The van der Waals surface area contributed by atoms with Gasteiger partial charge in [0, 0.05) is 11.8 Å². The molecule has 4 nitrogen and oxygen atoms in total. The highest BCUT2D eigenvalue weighted by Gasteiger charge is 2.08. The predicted molar refractivity (Wildman–Crippen MR) is 71.1 cm³/mol. The molecule has 0 spiro atoms. The third kappa shape index (κ3) is 2.46. The van der Waals surface area contributed by atoms with Gasteiger partial charge in [0.15, 0.2) is 17.4 Å². The van der Waals surface area contributed by atoms with Crippen LogP contribution in [0.3, 0.4) is 0 Å². The summed E-state index contributed by atoms with van der Waals surface area (Å²) in [6.07, 6.45) is 1.62. The number of rotatable bonds is 2. The smallest absolute Gasteiger partial charge is 0.165 e. The fourth-order valence-corrected chi connectivity index (χ4v) is 1.58. The van der Waals surface area contributed by atoms with Crippen molar-refractivity contribution >= 4 is 28.4 Å². The van der Waals surface area contributed by atoms with Gasteiger partial charge in [-0.2, -0.15) is 0 Å². The van der Waals surface area contributed by atoms with Crippen LogP contribution >= 0.6 is 22.6 Å². The molecule has 0 aliphatic carbocycles. The molecule has 6 heteroatoms. The van der Waals surface area contributed by atoms with Gasteiger partial charge in [0.2, 0.25) is 0 Å². The first-order valence-electron chi connectivity index (χ1n) is 4.73. The normalized spacial score (nSPS) is 10.3. The number of nitrogens with two attached hydrogens (primary N) is 1. The van der Waals surface area contributed by atoms with E-state index in [1.165, 1.54) is 19.2 Å². The van der Waals surface area contributed by atoms with Crippen molar-refractivity contribution in [2.75, 3.05) is 12.8 Å². The van der Waals surface area contributed by atoms with Crippen molar-refractivity contribution in [3.05, 3.63) is 33.8 Å². The Balaban J connectivity index is 2.49. The van der Waals surface area contributed by atoms with Gasteiger partial charge in [-0.3, -0.25) is 0 Å². The van der Waals surface area contributed by atoms with Crippen LogP contribution in [0.4, 0.5) is 10.2 Å². The Morgan fingerprint density at radius 3 is 2.82 bits per heavy atom. The van der Waals surface area contributed by atoms with Crippen LogP contribution in [0.25, 0.3) is 11.4 Å². The van der Waals surface area contributed by atoms with Crippen molar-refractivity contribution < 1.29 is 9.13 Å². The fourth-order valence-electron chi connectivity index (χ4n) is 1.32. The predicted octanol–water partition coefficient (Wildman–Crippen LogP) is 2.48. The van der Waals surface area contributed by atoms with E-state index in [1.54, 1.807) is 12.3 Å². The zero-order chi connectivity index (χ0) is 12.4. The van der Waals surface area contributed by atoms with Crippen LogP contribution in [-0.4, -0.2) is 17.1 Å². The number of ether oxygens (including phenoxy) is 1. The summed E-state index contributed by atoms with van der Waals surface area (Å²) in [5, 5.41) is 0. The van der Waals surface area contributed by atoms with E-state index in [4.69, 9.17) is 10.5 Å². The molecule has 2 rings (SSSR count). The molecule has 0 unspecified atom stereocenters. The van der Waals surface area contributed by atoms with Crippen molar-refractivity contribution in [2.24, 2.45) is 0 Å². The summed E-state index contributed by atoms with van der Waals surface area (Å²) >= 11 is 2.05. The summed E-state index contributed by atoms with van der Waals surface area (Å²) < 4.78 is 18.9. The molecule has 0 aliphatic heterocycles. The average molecular weight is 345 g/mol. The van der Waals surface area contributed by atoms with E-state index in [0.717, 1.165) is 3.57 Å². The second-order valence-corrected chi connectivity index (χ2v) is 4.44. The van der Waals surface area contributed by atoms with E-state index in [2.05, 4.69) is 9.97 Å². The lowest BCUT2D eigenvalue weighted by Crippen LogP contribution is -1.98. The molecule has 2 N–H and O–H groups in total. The van der Waals surface area contributed by atoms with Crippen molar-refractivity contribution in [3.8, 4) is 17.1 Å². The number of benzene rings is 1. The molecule has 0 atom stereocenters. The summed E-state index contributed by atoms with van der Waals surface area (Å²) in [6.45, 7) is 0. The molecular weight excluding hydrogens is 336 g/mol. The molecule has 0 saturated carbocycles. The third-order valence-electron chi connectivity index (χ3n) is 2.18. The zero-order valence-electron chi connectivity index (χ0n) is 8.95. The highest BCUT2D eigenvalue weighted by Crippen LogP contribution is 2.25. The summed E-state index contributed by atoms with van der Waals surface area (Å²) in [6, 6.07) is 4.43. The fraction of sp³-hybridized carbons (Fsp3) is 0.0909. The average Bonchev–Trinajstić information content (AvgIpc) is 2.33. The van der Waals surface area contributed by atoms with Gasteiger partial charge in [-0.25, -0.2) is 14.4 Å². The molecule has 2 aromatic rings. The van der Waals surface area contributed by atoms with Crippen molar-refractivity contribution in [1.29, 1.82) is 0 Å². The Kier molecular flexibility index (Phi) is 3.41. The lowest BCUT2D eigenvalue weighted by atomic mass is 10.2.